The van der Waals surface area contributed by atoms with Crippen molar-refractivity contribution in [1.82, 2.24) is 9.55 Å². The molecule has 0 amide bonds. The Labute approximate surface area is 151 Å². The molecule has 0 radical (unpaired) electrons. The molecule has 4 aromatic rings. The van der Waals surface area contributed by atoms with E-state index in [1.54, 1.807) is 12.1 Å². The molecule has 4 nitrogen and oxygen atoms in total. The Morgan fingerprint density at radius 2 is 1.81 bits per heavy atom. The highest BCUT2D eigenvalue weighted by molar-refractivity contribution is 5.96. The number of aromatic carboxylic acids is 1. The smallest absolute Gasteiger partial charge is 0.336 e. The van der Waals surface area contributed by atoms with Gasteiger partial charge >= 0.3 is 5.97 Å². The van der Waals surface area contributed by atoms with E-state index in [9.17, 15) is 9.90 Å². The maximum atomic E-state index is 11.4. The highest BCUT2D eigenvalue weighted by Gasteiger charge is 2.11. The minimum absolute atomic E-state index is 0.316. The molecule has 26 heavy (non-hydrogen) atoms. The molecule has 0 bridgehead atoms. The molecule has 3 aromatic carbocycles. The number of aromatic nitrogens is 2. The van der Waals surface area contributed by atoms with Crippen molar-refractivity contribution in [2.24, 2.45) is 0 Å². The monoisotopic (exact) mass is 342 g/mol. The third-order valence-corrected chi connectivity index (χ3v) is 4.55. The van der Waals surface area contributed by atoms with Crippen molar-refractivity contribution in [2.45, 2.75) is 13.5 Å². The first-order valence-corrected chi connectivity index (χ1v) is 8.45. The Morgan fingerprint density at radius 1 is 1.04 bits per heavy atom. The van der Waals surface area contributed by atoms with Crippen LogP contribution >= 0.6 is 0 Å². The van der Waals surface area contributed by atoms with Crippen LogP contribution < -0.4 is 0 Å². The van der Waals surface area contributed by atoms with Crippen molar-refractivity contribution in [1.29, 1.82) is 0 Å². The standard InChI is InChI=1S/C22H18N2O2/c1-15-6-11-21-20(12-15)23-14-24(21)13-16-7-9-17(10-8-16)18-4-2-3-5-19(18)22(25)26/h2-12,14H,13H2,1H3,(H,25,26). The largest absolute Gasteiger partial charge is 0.478 e. The van der Waals surface area contributed by atoms with Crippen LogP contribution in [0.25, 0.3) is 22.2 Å². The van der Waals surface area contributed by atoms with Crippen LogP contribution in [0.4, 0.5) is 0 Å². The van der Waals surface area contributed by atoms with E-state index in [0.29, 0.717) is 5.56 Å². The second-order valence-electron chi connectivity index (χ2n) is 6.41. The number of benzene rings is 3. The lowest BCUT2D eigenvalue weighted by molar-refractivity contribution is 0.0697. The normalized spacial score (nSPS) is 11.0. The molecule has 128 valence electrons. The summed E-state index contributed by atoms with van der Waals surface area (Å²) in [5, 5.41) is 9.36. The van der Waals surface area contributed by atoms with E-state index in [1.807, 2.05) is 42.7 Å². The molecular weight excluding hydrogens is 324 g/mol. The Kier molecular flexibility index (Phi) is 4.01. The summed E-state index contributed by atoms with van der Waals surface area (Å²) >= 11 is 0. The number of hydrogen-bond donors (Lipinski definition) is 1. The Balaban J connectivity index is 1.63. The van der Waals surface area contributed by atoms with Gasteiger partial charge in [0.15, 0.2) is 0 Å². The first-order chi connectivity index (χ1) is 12.6. The molecule has 1 N–H and O–H groups in total. The molecule has 1 aromatic heterocycles. The molecule has 0 saturated carbocycles. The number of imidazole rings is 1. The zero-order chi connectivity index (χ0) is 18.1. The van der Waals surface area contributed by atoms with Crippen molar-refractivity contribution in [3.63, 3.8) is 0 Å². The van der Waals surface area contributed by atoms with Crippen LogP contribution in [0.15, 0.2) is 73.1 Å². The zero-order valence-corrected chi connectivity index (χ0v) is 14.4. The van der Waals surface area contributed by atoms with Gasteiger partial charge in [-0.2, -0.15) is 0 Å². The number of carbonyl (C=O) groups is 1. The van der Waals surface area contributed by atoms with Gasteiger partial charge in [-0.15, -0.1) is 0 Å². The molecule has 0 saturated heterocycles. The number of hydrogen-bond acceptors (Lipinski definition) is 2. The number of carboxylic acid groups (broad SMARTS) is 1. The fraction of sp³-hybridized carbons (Fsp3) is 0.0909. The molecule has 0 atom stereocenters. The molecule has 0 aliphatic heterocycles. The van der Waals surface area contributed by atoms with Gasteiger partial charge in [0.25, 0.3) is 0 Å². The van der Waals surface area contributed by atoms with Crippen LogP contribution in [-0.2, 0) is 6.54 Å². The average molecular weight is 342 g/mol. The lowest BCUT2D eigenvalue weighted by Crippen LogP contribution is -2.00. The van der Waals surface area contributed by atoms with Crippen molar-refractivity contribution in [3.05, 3.63) is 89.7 Å². The second-order valence-corrected chi connectivity index (χ2v) is 6.41. The molecular formula is C22H18N2O2. The van der Waals surface area contributed by atoms with Gasteiger partial charge in [0.2, 0.25) is 0 Å². The number of carboxylic acids is 1. The van der Waals surface area contributed by atoms with Gasteiger partial charge in [-0.05, 0) is 47.4 Å². The summed E-state index contributed by atoms with van der Waals surface area (Å²) in [6.45, 7) is 2.78. The van der Waals surface area contributed by atoms with Crippen LogP contribution in [0.5, 0.6) is 0 Å². The van der Waals surface area contributed by atoms with E-state index >= 15 is 0 Å². The number of rotatable bonds is 4. The number of fused-ring (bicyclic) bond motifs is 1. The van der Waals surface area contributed by atoms with Crippen molar-refractivity contribution in [3.8, 4) is 11.1 Å². The maximum absolute atomic E-state index is 11.4. The second kappa shape index (κ2) is 6.48. The predicted molar refractivity (Wildman–Crippen MR) is 102 cm³/mol. The highest BCUT2D eigenvalue weighted by atomic mass is 16.4. The third-order valence-electron chi connectivity index (χ3n) is 4.55. The van der Waals surface area contributed by atoms with Crippen molar-refractivity contribution < 1.29 is 9.90 Å². The average Bonchev–Trinajstić information content (AvgIpc) is 3.04. The first kappa shape index (κ1) is 16.1. The third kappa shape index (κ3) is 2.97. The zero-order valence-electron chi connectivity index (χ0n) is 14.4. The van der Waals surface area contributed by atoms with Crippen LogP contribution in [0.3, 0.4) is 0 Å². The predicted octanol–water partition coefficient (Wildman–Crippen LogP) is 4.76. The van der Waals surface area contributed by atoms with E-state index < -0.39 is 5.97 Å². The maximum Gasteiger partial charge on any atom is 0.336 e. The van der Waals surface area contributed by atoms with Gasteiger partial charge in [-0.1, -0.05) is 48.5 Å². The Hall–Kier alpha value is -3.40. The van der Waals surface area contributed by atoms with E-state index in [0.717, 1.165) is 34.3 Å². The fourth-order valence-electron chi connectivity index (χ4n) is 3.21. The molecule has 4 rings (SSSR count). The molecule has 1 heterocycles. The molecule has 0 aliphatic rings. The van der Waals surface area contributed by atoms with Crippen LogP contribution in [0.1, 0.15) is 21.5 Å². The molecule has 0 fully saturated rings. The molecule has 0 spiro atoms. The van der Waals surface area contributed by atoms with Gasteiger partial charge in [0.1, 0.15) is 0 Å². The molecule has 0 unspecified atom stereocenters. The van der Waals surface area contributed by atoms with E-state index in [4.69, 9.17) is 0 Å². The molecule has 0 aliphatic carbocycles. The lowest BCUT2D eigenvalue weighted by Gasteiger charge is -2.09. The Bertz CT molecular complexity index is 1090. The summed E-state index contributed by atoms with van der Waals surface area (Å²) < 4.78 is 2.12. The van der Waals surface area contributed by atoms with E-state index in [2.05, 4.69) is 34.7 Å². The summed E-state index contributed by atoms with van der Waals surface area (Å²) in [5.74, 6) is -0.912. The van der Waals surface area contributed by atoms with Gasteiger partial charge in [-0.25, -0.2) is 9.78 Å². The minimum Gasteiger partial charge on any atom is -0.478 e. The topological polar surface area (TPSA) is 55.1 Å². The summed E-state index contributed by atoms with van der Waals surface area (Å²) in [5.41, 5.74) is 6.39. The van der Waals surface area contributed by atoms with Crippen LogP contribution in [-0.4, -0.2) is 20.6 Å². The molecule has 4 heteroatoms. The summed E-state index contributed by atoms with van der Waals surface area (Å²) in [6, 6.07) is 21.3. The fourth-order valence-corrected chi connectivity index (χ4v) is 3.21. The summed E-state index contributed by atoms with van der Waals surface area (Å²) in [6.07, 6.45) is 1.86. The lowest BCUT2D eigenvalue weighted by atomic mass is 9.99. The summed E-state index contributed by atoms with van der Waals surface area (Å²) in [4.78, 5) is 15.9. The van der Waals surface area contributed by atoms with Gasteiger partial charge in [0, 0.05) is 6.54 Å². The Morgan fingerprint density at radius 3 is 2.58 bits per heavy atom. The quantitative estimate of drug-likeness (QED) is 0.582. The summed E-state index contributed by atoms with van der Waals surface area (Å²) in [7, 11) is 0. The van der Waals surface area contributed by atoms with Crippen LogP contribution in [0, 0.1) is 6.92 Å². The highest BCUT2D eigenvalue weighted by Crippen LogP contribution is 2.25. The van der Waals surface area contributed by atoms with E-state index in [-0.39, 0.29) is 0 Å². The van der Waals surface area contributed by atoms with Crippen LogP contribution in [0.2, 0.25) is 0 Å². The van der Waals surface area contributed by atoms with Gasteiger partial charge < -0.3 is 9.67 Å². The SMILES string of the molecule is Cc1ccc2c(c1)ncn2Cc1ccc(-c2ccccc2C(=O)O)cc1. The van der Waals surface area contributed by atoms with E-state index in [1.165, 1.54) is 5.56 Å². The van der Waals surface area contributed by atoms with Gasteiger partial charge in [0.05, 0.1) is 22.9 Å². The number of nitrogens with zero attached hydrogens (tertiary/aromatic N) is 2. The van der Waals surface area contributed by atoms with Crippen molar-refractivity contribution >= 4 is 17.0 Å². The number of aryl methyl sites for hydroxylation is 1. The van der Waals surface area contributed by atoms with Gasteiger partial charge in [-0.3, -0.25) is 0 Å². The first-order valence-electron chi connectivity index (χ1n) is 8.45. The minimum atomic E-state index is -0.912. The van der Waals surface area contributed by atoms with Crippen molar-refractivity contribution in [2.75, 3.05) is 0 Å².